The van der Waals surface area contributed by atoms with Crippen molar-refractivity contribution in [3.63, 3.8) is 0 Å². The van der Waals surface area contributed by atoms with Crippen molar-refractivity contribution < 1.29 is 34.8 Å². The predicted octanol–water partition coefficient (Wildman–Crippen LogP) is 7.19. The van der Waals surface area contributed by atoms with Crippen LogP contribution in [0.5, 0.6) is 0 Å². The highest BCUT2D eigenvalue weighted by molar-refractivity contribution is 7.89. The Hall–Kier alpha value is -4.11. The summed E-state index contributed by atoms with van der Waals surface area (Å²) in [7, 11) is -4.62. The van der Waals surface area contributed by atoms with E-state index in [2.05, 4.69) is 32.0 Å². The van der Waals surface area contributed by atoms with Gasteiger partial charge in [-0.3, -0.25) is 0 Å². The quantitative estimate of drug-likeness (QED) is 0.178. The summed E-state index contributed by atoms with van der Waals surface area (Å²) in [5.41, 5.74) is -1.33. The highest BCUT2D eigenvalue weighted by Gasteiger charge is 2.38. The summed E-state index contributed by atoms with van der Waals surface area (Å²) >= 11 is 0. The first kappa shape index (κ1) is 34.7. The second-order valence-electron chi connectivity index (χ2n) is 12.6. The van der Waals surface area contributed by atoms with E-state index in [0.29, 0.717) is 25.3 Å². The third-order valence-corrected chi connectivity index (χ3v) is 10.6. The Morgan fingerprint density at radius 3 is 1.86 bits per heavy atom. The molecule has 1 saturated heterocycles. The SMILES string of the molecule is O=S(=O)(NCC1CCC(CNc2nc(N3CCN(c4ccccc4)CC3)c3ccccc3n2)CC1)c1cc(C(F)(F)F)cc(C(F)(F)F)c1. The van der Waals surface area contributed by atoms with Crippen molar-refractivity contribution >= 4 is 38.4 Å². The van der Waals surface area contributed by atoms with Gasteiger partial charge in [-0.15, -0.1) is 0 Å². The van der Waals surface area contributed by atoms with Crippen LogP contribution >= 0.6 is 0 Å². The van der Waals surface area contributed by atoms with E-state index in [1.54, 1.807) is 0 Å². The molecule has 3 aromatic carbocycles. The molecule has 4 aromatic rings. The smallest absolute Gasteiger partial charge is 0.368 e. The number of halogens is 6. The van der Waals surface area contributed by atoms with E-state index in [1.807, 2.05) is 42.5 Å². The number of nitrogens with zero attached hydrogens (tertiary/aromatic N) is 4. The van der Waals surface area contributed by atoms with Gasteiger partial charge in [-0.25, -0.2) is 18.1 Å². The normalized spacial score (nSPS) is 19.3. The number of hydrogen-bond donors (Lipinski definition) is 2. The lowest BCUT2D eigenvalue weighted by atomic mass is 9.82. The number of nitrogens with one attached hydrogen (secondary N) is 2. The van der Waals surface area contributed by atoms with Gasteiger partial charge in [0.1, 0.15) is 5.82 Å². The Kier molecular flexibility index (Phi) is 9.94. The molecule has 1 aliphatic carbocycles. The number of sulfonamides is 1. The van der Waals surface area contributed by atoms with Crippen LogP contribution in [-0.2, 0) is 22.4 Å². The van der Waals surface area contributed by atoms with Crippen molar-refractivity contribution in [2.45, 2.75) is 42.9 Å². The van der Waals surface area contributed by atoms with Crippen LogP contribution in [0.1, 0.15) is 36.8 Å². The first-order valence-corrected chi connectivity index (χ1v) is 17.6. The maximum Gasteiger partial charge on any atom is 0.416 e. The van der Waals surface area contributed by atoms with E-state index in [4.69, 9.17) is 9.97 Å². The number of piperazine rings is 1. The fraction of sp³-hybridized carbons (Fsp3) is 0.412. The molecule has 2 N–H and O–H groups in total. The summed E-state index contributed by atoms with van der Waals surface area (Å²) in [6, 6.07) is 18.6. The van der Waals surface area contributed by atoms with Gasteiger partial charge in [0.25, 0.3) is 0 Å². The zero-order chi connectivity index (χ0) is 34.8. The molecular weight excluding hydrogens is 670 g/mol. The monoisotopic (exact) mass is 706 g/mol. The molecule has 0 amide bonds. The maximum atomic E-state index is 13.3. The van der Waals surface area contributed by atoms with E-state index >= 15 is 0 Å². The van der Waals surface area contributed by atoms with E-state index < -0.39 is 38.4 Å². The van der Waals surface area contributed by atoms with Crippen molar-refractivity contribution in [3.8, 4) is 0 Å². The largest absolute Gasteiger partial charge is 0.416 e. The average Bonchev–Trinajstić information content (AvgIpc) is 3.09. The second kappa shape index (κ2) is 14.0. The van der Waals surface area contributed by atoms with Gasteiger partial charge < -0.3 is 15.1 Å². The number of alkyl halides is 6. The first-order chi connectivity index (χ1) is 23.3. The third kappa shape index (κ3) is 8.38. The average molecular weight is 707 g/mol. The standard InChI is InChI=1S/C34H36F6N6O2S/c35-33(36,37)25-18-26(34(38,39)40)20-28(19-25)49(47,48)42-22-24-12-10-23(11-13-24)21-41-32-43-30-9-5-4-8-29(30)31(44-32)46-16-14-45(15-17-46)27-6-2-1-3-7-27/h1-9,18-20,23-24,42H,10-17,21-22H2,(H,41,43,44). The zero-order valence-electron chi connectivity index (χ0n) is 26.4. The number of benzene rings is 3. The molecule has 0 spiro atoms. The number of fused-ring (bicyclic) bond motifs is 1. The first-order valence-electron chi connectivity index (χ1n) is 16.1. The van der Waals surface area contributed by atoms with Gasteiger partial charge in [-0.2, -0.15) is 31.3 Å². The van der Waals surface area contributed by atoms with Gasteiger partial charge in [0.15, 0.2) is 0 Å². The molecule has 49 heavy (non-hydrogen) atoms. The third-order valence-electron chi connectivity index (χ3n) is 9.23. The van der Waals surface area contributed by atoms with Crippen LogP contribution in [-0.4, -0.2) is 57.7 Å². The molecule has 1 aliphatic heterocycles. The summed E-state index contributed by atoms with van der Waals surface area (Å²) in [6.07, 6.45) is -7.50. The number of para-hydroxylation sites is 2. The Bertz CT molecular complexity index is 1820. The van der Waals surface area contributed by atoms with Gasteiger partial charge in [0.2, 0.25) is 16.0 Å². The summed E-state index contributed by atoms with van der Waals surface area (Å²) in [6.45, 7) is 3.84. The molecule has 6 rings (SSSR count). The van der Waals surface area contributed by atoms with Crippen molar-refractivity contribution in [2.75, 3.05) is 54.4 Å². The molecule has 2 aliphatic rings. The van der Waals surface area contributed by atoms with Crippen molar-refractivity contribution in [3.05, 3.63) is 83.9 Å². The highest BCUT2D eigenvalue weighted by Crippen LogP contribution is 2.37. The maximum absolute atomic E-state index is 13.3. The molecule has 1 saturated carbocycles. The molecule has 15 heteroatoms. The molecule has 262 valence electrons. The van der Waals surface area contributed by atoms with E-state index in [-0.39, 0.29) is 36.6 Å². The van der Waals surface area contributed by atoms with Crippen molar-refractivity contribution in [2.24, 2.45) is 11.8 Å². The summed E-state index contributed by atoms with van der Waals surface area (Å²) < 4.78 is 107. The molecule has 0 bridgehead atoms. The van der Waals surface area contributed by atoms with Crippen LogP contribution in [0, 0.1) is 11.8 Å². The van der Waals surface area contributed by atoms with E-state index in [1.165, 1.54) is 5.69 Å². The minimum absolute atomic E-state index is 0.0885. The number of anilines is 3. The van der Waals surface area contributed by atoms with Gasteiger partial charge in [0.05, 0.1) is 21.5 Å². The Labute approximate surface area is 280 Å². The minimum Gasteiger partial charge on any atom is -0.368 e. The lowest BCUT2D eigenvalue weighted by Gasteiger charge is -2.37. The molecular formula is C34H36F6N6O2S. The fourth-order valence-electron chi connectivity index (χ4n) is 6.46. The topological polar surface area (TPSA) is 90.5 Å². The summed E-state index contributed by atoms with van der Waals surface area (Å²) in [4.78, 5) is 13.2. The van der Waals surface area contributed by atoms with Crippen LogP contribution < -0.4 is 19.8 Å². The van der Waals surface area contributed by atoms with Gasteiger partial charge in [0, 0.05) is 50.3 Å². The Morgan fingerprint density at radius 1 is 0.694 bits per heavy atom. The Morgan fingerprint density at radius 2 is 1.24 bits per heavy atom. The number of hydrogen-bond acceptors (Lipinski definition) is 7. The fourth-order valence-corrected chi connectivity index (χ4v) is 7.65. The van der Waals surface area contributed by atoms with Gasteiger partial charge in [-0.1, -0.05) is 30.3 Å². The Balaban J connectivity index is 1.04. The van der Waals surface area contributed by atoms with E-state index in [0.717, 1.165) is 55.7 Å². The van der Waals surface area contributed by atoms with Gasteiger partial charge >= 0.3 is 12.4 Å². The van der Waals surface area contributed by atoms with E-state index in [9.17, 15) is 34.8 Å². The van der Waals surface area contributed by atoms with Crippen molar-refractivity contribution in [1.29, 1.82) is 0 Å². The highest BCUT2D eigenvalue weighted by atomic mass is 32.2. The number of aromatic nitrogens is 2. The van der Waals surface area contributed by atoms with Gasteiger partial charge in [-0.05, 0) is 80.0 Å². The molecule has 0 unspecified atom stereocenters. The number of rotatable bonds is 9. The molecule has 0 radical (unpaired) electrons. The lowest BCUT2D eigenvalue weighted by Crippen LogP contribution is -2.47. The van der Waals surface area contributed by atoms with Crippen LogP contribution in [0.3, 0.4) is 0 Å². The van der Waals surface area contributed by atoms with Crippen LogP contribution in [0.15, 0.2) is 77.7 Å². The lowest BCUT2D eigenvalue weighted by molar-refractivity contribution is -0.143. The molecule has 0 atom stereocenters. The van der Waals surface area contributed by atoms with Crippen molar-refractivity contribution in [1.82, 2.24) is 14.7 Å². The zero-order valence-corrected chi connectivity index (χ0v) is 27.3. The summed E-state index contributed by atoms with van der Waals surface area (Å²) in [5, 5.41) is 4.37. The molecule has 2 fully saturated rings. The second-order valence-corrected chi connectivity index (χ2v) is 14.3. The van der Waals surface area contributed by atoms with Crippen LogP contribution in [0.25, 0.3) is 10.9 Å². The predicted molar refractivity (Wildman–Crippen MR) is 176 cm³/mol. The van der Waals surface area contributed by atoms with Crippen LogP contribution in [0.2, 0.25) is 0 Å². The molecule has 2 heterocycles. The molecule has 8 nitrogen and oxygen atoms in total. The minimum atomic E-state index is -5.14. The summed E-state index contributed by atoms with van der Waals surface area (Å²) in [5.74, 6) is 1.53. The van der Waals surface area contributed by atoms with Crippen LogP contribution in [0.4, 0.5) is 43.8 Å². The molecule has 1 aromatic heterocycles.